The Morgan fingerprint density at radius 1 is 1.44 bits per heavy atom. The van der Waals surface area contributed by atoms with Gasteiger partial charge in [-0.15, -0.1) is 12.4 Å². The third-order valence-corrected chi connectivity index (χ3v) is 3.70. The maximum absolute atomic E-state index is 11.9. The lowest BCUT2D eigenvalue weighted by Crippen LogP contribution is -2.37. The van der Waals surface area contributed by atoms with E-state index in [1.54, 1.807) is 6.92 Å². The largest absolute Gasteiger partial charge is 0.329 e. The molecular weight excluding hydrogens is 282 g/mol. The summed E-state index contributed by atoms with van der Waals surface area (Å²) in [5.74, 6) is 0. The van der Waals surface area contributed by atoms with Gasteiger partial charge in [0.15, 0.2) is 4.90 Å². The first-order valence-electron chi connectivity index (χ1n) is 4.84. The average Bonchev–Trinajstić information content (AvgIpc) is 2.28. The predicted molar refractivity (Wildman–Crippen MR) is 69.2 cm³/mol. The summed E-state index contributed by atoms with van der Waals surface area (Å²) in [5, 5.41) is 10.7. The van der Waals surface area contributed by atoms with Gasteiger partial charge in [-0.25, -0.2) is 13.1 Å². The van der Waals surface area contributed by atoms with Gasteiger partial charge in [-0.3, -0.25) is 10.1 Å². The van der Waals surface area contributed by atoms with Crippen LogP contribution in [0.15, 0.2) is 29.2 Å². The minimum absolute atomic E-state index is 0. The fraction of sp³-hybridized carbons (Fsp3) is 0.333. The molecule has 7 nitrogen and oxygen atoms in total. The molecule has 1 aromatic carbocycles. The molecule has 0 radical (unpaired) electrons. The van der Waals surface area contributed by atoms with Crippen LogP contribution in [-0.4, -0.2) is 25.9 Å². The third-order valence-electron chi connectivity index (χ3n) is 2.06. The Balaban J connectivity index is 0.00000289. The molecule has 1 rings (SSSR count). The molecule has 9 heteroatoms. The molecule has 0 aromatic heterocycles. The third kappa shape index (κ3) is 3.91. The minimum atomic E-state index is -3.92. The molecule has 0 saturated heterocycles. The summed E-state index contributed by atoms with van der Waals surface area (Å²) in [6, 6.07) is 4.67. The van der Waals surface area contributed by atoms with E-state index in [2.05, 4.69) is 4.72 Å². The summed E-state index contributed by atoms with van der Waals surface area (Å²) in [7, 11) is -3.92. The molecule has 0 spiro atoms. The lowest BCUT2D eigenvalue weighted by Gasteiger charge is -2.11. The summed E-state index contributed by atoms with van der Waals surface area (Å²) < 4.78 is 26.0. The molecule has 0 aliphatic rings. The van der Waals surface area contributed by atoms with Gasteiger partial charge in [-0.05, 0) is 13.0 Å². The molecular formula is C9H14ClN3O4S. The smallest absolute Gasteiger partial charge is 0.289 e. The van der Waals surface area contributed by atoms with Crippen molar-refractivity contribution < 1.29 is 13.3 Å². The summed E-state index contributed by atoms with van der Waals surface area (Å²) in [6.07, 6.45) is 0. The van der Waals surface area contributed by atoms with E-state index in [0.717, 1.165) is 6.07 Å². The van der Waals surface area contributed by atoms with Gasteiger partial charge < -0.3 is 5.73 Å². The highest BCUT2D eigenvalue weighted by molar-refractivity contribution is 7.89. The Hall–Kier alpha value is -1.22. The van der Waals surface area contributed by atoms with Gasteiger partial charge in [-0.1, -0.05) is 12.1 Å². The summed E-state index contributed by atoms with van der Waals surface area (Å²) in [5.41, 5.74) is 4.84. The number of sulfonamides is 1. The van der Waals surface area contributed by atoms with Crippen LogP contribution in [0.25, 0.3) is 0 Å². The number of nitrogens with zero attached hydrogens (tertiary/aromatic N) is 1. The van der Waals surface area contributed by atoms with Gasteiger partial charge >= 0.3 is 0 Å². The average molecular weight is 296 g/mol. The van der Waals surface area contributed by atoms with E-state index >= 15 is 0 Å². The van der Waals surface area contributed by atoms with Gasteiger partial charge in [0.2, 0.25) is 10.0 Å². The molecule has 18 heavy (non-hydrogen) atoms. The van der Waals surface area contributed by atoms with Crippen LogP contribution >= 0.6 is 12.4 Å². The van der Waals surface area contributed by atoms with Crippen molar-refractivity contribution in [1.29, 1.82) is 0 Å². The number of halogens is 1. The minimum Gasteiger partial charge on any atom is -0.329 e. The van der Waals surface area contributed by atoms with E-state index in [0.29, 0.717) is 0 Å². The number of hydrogen-bond acceptors (Lipinski definition) is 5. The number of benzene rings is 1. The Morgan fingerprint density at radius 3 is 2.50 bits per heavy atom. The normalized spacial score (nSPS) is 12.6. The van der Waals surface area contributed by atoms with Crippen molar-refractivity contribution in [3.63, 3.8) is 0 Å². The fourth-order valence-corrected chi connectivity index (χ4v) is 2.64. The monoisotopic (exact) mass is 295 g/mol. The maximum atomic E-state index is 11.9. The summed E-state index contributed by atoms with van der Waals surface area (Å²) >= 11 is 0. The highest BCUT2D eigenvalue weighted by Gasteiger charge is 2.25. The number of nitro groups is 1. The van der Waals surface area contributed by atoms with Crippen molar-refractivity contribution in [1.82, 2.24) is 4.72 Å². The van der Waals surface area contributed by atoms with Crippen LogP contribution in [0, 0.1) is 10.1 Å². The van der Waals surface area contributed by atoms with E-state index in [-0.39, 0.29) is 23.8 Å². The molecule has 0 heterocycles. The number of para-hydroxylation sites is 1. The van der Waals surface area contributed by atoms with Crippen LogP contribution in [0.4, 0.5) is 5.69 Å². The van der Waals surface area contributed by atoms with Gasteiger partial charge in [-0.2, -0.15) is 0 Å². The molecule has 1 aromatic rings. The van der Waals surface area contributed by atoms with E-state index in [4.69, 9.17) is 5.73 Å². The van der Waals surface area contributed by atoms with Crippen molar-refractivity contribution in [2.75, 3.05) is 6.54 Å². The molecule has 0 fully saturated rings. The molecule has 0 aliphatic carbocycles. The first-order chi connectivity index (χ1) is 7.88. The first-order valence-corrected chi connectivity index (χ1v) is 6.32. The van der Waals surface area contributed by atoms with Crippen molar-refractivity contribution >= 4 is 28.1 Å². The zero-order valence-electron chi connectivity index (χ0n) is 9.57. The van der Waals surface area contributed by atoms with E-state index in [1.165, 1.54) is 18.2 Å². The van der Waals surface area contributed by atoms with Crippen molar-refractivity contribution in [3.05, 3.63) is 34.4 Å². The second-order valence-electron chi connectivity index (χ2n) is 3.48. The zero-order valence-corrected chi connectivity index (χ0v) is 11.2. The van der Waals surface area contributed by atoms with Crippen molar-refractivity contribution in [2.24, 2.45) is 5.73 Å². The first kappa shape index (κ1) is 16.8. The van der Waals surface area contributed by atoms with Crippen LogP contribution in [0.3, 0.4) is 0 Å². The van der Waals surface area contributed by atoms with Gasteiger partial charge in [0.25, 0.3) is 5.69 Å². The predicted octanol–water partition coefficient (Wildman–Crippen LogP) is 0.642. The molecule has 3 N–H and O–H groups in total. The van der Waals surface area contributed by atoms with Gasteiger partial charge in [0, 0.05) is 18.7 Å². The number of nitrogens with one attached hydrogen (secondary N) is 1. The Morgan fingerprint density at radius 2 is 2.00 bits per heavy atom. The van der Waals surface area contributed by atoms with E-state index in [9.17, 15) is 18.5 Å². The van der Waals surface area contributed by atoms with E-state index < -0.39 is 26.7 Å². The topological polar surface area (TPSA) is 115 Å². The molecule has 0 amide bonds. The van der Waals surface area contributed by atoms with Gasteiger partial charge in [0.05, 0.1) is 4.92 Å². The fourth-order valence-electron chi connectivity index (χ4n) is 1.21. The van der Waals surface area contributed by atoms with Crippen LogP contribution in [0.1, 0.15) is 6.92 Å². The standard InChI is InChI=1S/C9H13N3O4S.ClH/c1-7(6-10)11-17(15,16)9-5-3-2-4-8(9)12(13)14;/h2-5,7,11H,6,10H2,1H3;1H/t7-;/m1./s1. The van der Waals surface area contributed by atoms with Crippen LogP contribution < -0.4 is 10.5 Å². The highest BCUT2D eigenvalue weighted by atomic mass is 35.5. The van der Waals surface area contributed by atoms with E-state index in [1.807, 2.05) is 0 Å². The Kier molecular flexibility index (Phi) is 6.19. The number of nitro benzene ring substituents is 1. The molecule has 0 saturated carbocycles. The number of rotatable bonds is 5. The van der Waals surface area contributed by atoms with Crippen molar-refractivity contribution in [2.45, 2.75) is 17.9 Å². The molecule has 0 unspecified atom stereocenters. The second kappa shape index (κ2) is 6.64. The second-order valence-corrected chi connectivity index (χ2v) is 5.17. The SMILES string of the molecule is C[C@H](CN)NS(=O)(=O)c1ccccc1[N+](=O)[O-].Cl. The Labute approximate surface area is 111 Å². The molecule has 0 aliphatic heterocycles. The summed E-state index contributed by atoms with van der Waals surface area (Å²) in [6.45, 7) is 1.69. The molecule has 102 valence electrons. The maximum Gasteiger partial charge on any atom is 0.289 e. The Bertz CT molecular complexity index is 520. The van der Waals surface area contributed by atoms with Crippen LogP contribution in [-0.2, 0) is 10.0 Å². The van der Waals surface area contributed by atoms with Crippen molar-refractivity contribution in [3.8, 4) is 0 Å². The quantitative estimate of drug-likeness (QED) is 0.611. The number of nitrogens with two attached hydrogens (primary N) is 1. The van der Waals surface area contributed by atoms with Crippen LogP contribution in [0.5, 0.6) is 0 Å². The number of hydrogen-bond donors (Lipinski definition) is 2. The summed E-state index contributed by atoms with van der Waals surface area (Å²) in [4.78, 5) is 9.62. The molecule has 0 bridgehead atoms. The molecule has 1 atom stereocenters. The lowest BCUT2D eigenvalue weighted by atomic mass is 10.3. The zero-order chi connectivity index (χ0) is 13.1. The highest BCUT2D eigenvalue weighted by Crippen LogP contribution is 2.22. The lowest BCUT2D eigenvalue weighted by molar-refractivity contribution is -0.387. The van der Waals surface area contributed by atoms with Gasteiger partial charge in [0.1, 0.15) is 0 Å². The van der Waals surface area contributed by atoms with Crippen LogP contribution in [0.2, 0.25) is 0 Å².